The van der Waals surface area contributed by atoms with Gasteiger partial charge in [-0.1, -0.05) is 13.3 Å². The molecule has 3 aromatic rings. The molecule has 26 heavy (non-hydrogen) atoms. The third-order valence-corrected chi connectivity index (χ3v) is 4.14. The van der Waals surface area contributed by atoms with E-state index in [9.17, 15) is 9.59 Å². The van der Waals surface area contributed by atoms with Crippen LogP contribution < -0.4 is 5.56 Å². The fraction of sp³-hybridized carbons (Fsp3) is 0.250. The van der Waals surface area contributed by atoms with E-state index in [0.29, 0.717) is 29.1 Å². The van der Waals surface area contributed by atoms with Gasteiger partial charge in [-0.15, -0.1) is 0 Å². The lowest BCUT2D eigenvalue weighted by molar-refractivity contribution is 0.0696. The molecular weight excluding hydrogens is 332 g/mol. The van der Waals surface area contributed by atoms with Crippen LogP contribution in [0.25, 0.3) is 17.8 Å². The van der Waals surface area contributed by atoms with Crippen molar-refractivity contribution in [3.63, 3.8) is 0 Å². The molecule has 0 spiro atoms. The van der Waals surface area contributed by atoms with Crippen LogP contribution in [-0.4, -0.2) is 20.5 Å². The van der Waals surface area contributed by atoms with E-state index < -0.39 is 5.97 Å². The van der Waals surface area contributed by atoms with Gasteiger partial charge in [0, 0.05) is 11.8 Å². The van der Waals surface area contributed by atoms with Crippen molar-refractivity contribution in [2.45, 2.75) is 33.1 Å². The van der Waals surface area contributed by atoms with Crippen molar-refractivity contribution >= 4 is 23.8 Å². The second kappa shape index (κ2) is 7.39. The van der Waals surface area contributed by atoms with E-state index >= 15 is 0 Å². The minimum absolute atomic E-state index is 0.0530. The molecule has 0 aromatic carbocycles. The Balaban J connectivity index is 2.13. The van der Waals surface area contributed by atoms with Gasteiger partial charge >= 0.3 is 5.97 Å². The quantitative estimate of drug-likeness (QED) is 0.729. The number of hydrogen-bond acceptors (Lipinski definition) is 4. The first kappa shape index (κ1) is 17.7. The van der Waals surface area contributed by atoms with E-state index in [2.05, 4.69) is 11.9 Å². The molecule has 1 N–H and O–H groups in total. The van der Waals surface area contributed by atoms with E-state index in [0.717, 1.165) is 18.6 Å². The second-order valence-corrected chi connectivity index (χ2v) is 6.12. The summed E-state index contributed by atoms with van der Waals surface area (Å²) in [5, 5.41) is 9.16. The Kier molecular flexibility index (Phi) is 5.02. The van der Waals surface area contributed by atoms with Crippen molar-refractivity contribution in [2.24, 2.45) is 0 Å². The molecule has 0 aliphatic rings. The number of carboxylic acids is 1. The highest BCUT2D eigenvalue weighted by molar-refractivity contribution is 5.87. The normalized spacial score (nSPS) is 11.5. The number of aryl methyl sites for hydroxylation is 1. The Morgan fingerprint density at radius 3 is 2.73 bits per heavy atom. The predicted molar refractivity (Wildman–Crippen MR) is 99.4 cm³/mol. The minimum atomic E-state index is -1.08. The molecule has 3 aromatic heterocycles. The van der Waals surface area contributed by atoms with E-state index in [-0.39, 0.29) is 11.1 Å². The second-order valence-electron chi connectivity index (χ2n) is 6.12. The zero-order chi connectivity index (χ0) is 18.7. The third-order valence-electron chi connectivity index (χ3n) is 4.14. The van der Waals surface area contributed by atoms with Gasteiger partial charge in [-0.05, 0) is 56.2 Å². The molecule has 3 heterocycles. The number of carboxylic acid groups (broad SMARTS) is 1. The van der Waals surface area contributed by atoms with Crippen LogP contribution in [0.5, 0.6) is 0 Å². The van der Waals surface area contributed by atoms with Gasteiger partial charge in [-0.25, -0.2) is 9.78 Å². The summed E-state index contributed by atoms with van der Waals surface area (Å²) in [6.45, 7) is 3.92. The van der Waals surface area contributed by atoms with Gasteiger partial charge in [-0.3, -0.25) is 9.20 Å². The van der Waals surface area contributed by atoms with Crippen LogP contribution in [0.1, 0.15) is 52.9 Å². The van der Waals surface area contributed by atoms with Crippen molar-refractivity contribution in [3.05, 3.63) is 69.2 Å². The van der Waals surface area contributed by atoms with Gasteiger partial charge in [0.05, 0.1) is 11.3 Å². The zero-order valence-corrected chi connectivity index (χ0v) is 14.7. The first-order valence-corrected chi connectivity index (χ1v) is 8.52. The number of nitrogens with zero attached hydrogens (tertiary/aromatic N) is 2. The lowest BCUT2D eigenvalue weighted by Crippen LogP contribution is -2.22. The van der Waals surface area contributed by atoms with Gasteiger partial charge in [0.1, 0.15) is 17.2 Å². The van der Waals surface area contributed by atoms with Crippen LogP contribution in [-0.2, 0) is 6.42 Å². The average Bonchev–Trinajstić information content (AvgIpc) is 3.04. The van der Waals surface area contributed by atoms with E-state index in [1.54, 1.807) is 18.2 Å². The molecule has 0 unspecified atom stereocenters. The molecule has 6 nitrogen and oxygen atoms in total. The average molecular weight is 352 g/mol. The van der Waals surface area contributed by atoms with Crippen molar-refractivity contribution in [1.29, 1.82) is 0 Å². The molecule has 134 valence electrons. The Labute approximate surface area is 150 Å². The van der Waals surface area contributed by atoms with Crippen molar-refractivity contribution in [2.75, 3.05) is 0 Å². The Morgan fingerprint density at radius 1 is 1.27 bits per heavy atom. The van der Waals surface area contributed by atoms with Crippen molar-refractivity contribution in [1.82, 2.24) is 9.38 Å². The molecule has 0 saturated heterocycles. The van der Waals surface area contributed by atoms with Gasteiger partial charge in [0.15, 0.2) is 0 Å². The third kappa shape index (κ3) is 3.59. The molecule has 3 rings (SSSR count). The number of unbranched alkanes of at least 4 members (excludes halogenated alkanes) is 1. The maximum atomic E-state index is 12.9. The van der Waals surface area contributed by atoms with Gasteiger partial charge in [0.2, 0.25) is 0 Å². The highest BCUT2D eigenvalue weighted by atomic mass is 16.4. The number of fused-ring (bicyclic) bond motifs is 1. The number of rotatable bonds is 6. The van der Waals surface area contributed by atoms with E-state index in [1.807, 2.05) is 19.1 Å². The SMILES string of the molecule is CCCCc1c(/C=C/c2ccc(C)o2)nc2ccc(C(=O)O)cn2c1=O. The Bertz CT molecular complexity index is 1040. The van der Waals surface area contributed by atoms with Crippen molar-refractivity contribution in [3.8, 4) is 0 Å². The van der Waals surface area contributed by atoms with Crippen LogP contribution >= 0.6 is 0 Å². The fourth-order valence-electron chi connectivity index (χ4n) is 2.75. The summed E-state index contributed by atoms with van der Waals surface area (Å²) in [5.41, 5.74) is 1.39. The lowest BCUT2D eigenvalue weighted by Gasteiger charge is -2.09. The molecule has 0 amide bonds. The number of aromatic nitrogens is 2. The minimum Gasteiger partial charge on any atom is -0.478 e. The first-order chi connectivity index (χ1) is 12.5. The smallest absolute Gasteiger partial charge is 0.337 e. The molecule has 0 fully saturated rings. The maximum Gasteiger partial charge on any atom is 0.337 e. The summed E-state index contributed by atoms with van der Waals surface area (Å²) in [4.78, 5) is 28.7. The lowest BCUT2D eigenvalue weighted by atomic mass is 10.1. The van der Waals surface area contributed by atoms with Crippen LogP contribution in [0.15, 0.2) is 39.7 Å². The molecule has 0 aliphatic carbocycles. The highest BCUT2D eigenvalue weighted by Crippen LogP contribution is 2.15. The fourth-order valence-corrected chi connectivity index (χ4v) is 2.75. The largest absolute Gasteiger partial charge is 0.478 e. The molecule has 0 atom stereocenters. The van der Waals surface area contributed by atoms with Crippen LogP contribution in [0.4, 0.5) is 0 Å². The van der Waals surface area contributed by atoms with Crippen LogP contribution in [0.3, 0.4) is 0 Å². The zero-order valence-electron chi connectivity index (χ0n) is 14.7. The monoisotopic (exact) mass is 352 g/mol. The topological polar surface area (TPSA) is 84.8 Å². The molecular formula is C20H20N2O4. The summed E-state index contributed by atoms with van der Waals surface area (Å²) in [6.07, 6.45) is 7.26. The number of aromatic carboxylic acids is 1. The highest BCUT2D eigenvalue weighted by Gasteiger charge is 2.13. The van der Waals surface area contributed by atoms with Crippen LogP contribution in [0.2, 0.25) is 0 Å². The number of pyridine rings is 1. The molecule has 0 radical (unpaired) electrons. The summed E-state index contributed by atoms with van der Waals surface area (Å²) >= 11 is 0. The first-order valence-electron chi connectivity index (χ1n) is 8.52. The van der Waals surface area contributed by atoms with Crippen LogP contribution in [0, 0.1) is 6.92 Å². The maximum absolute atomic E-state index is 12.9. The van der Waals surface area contributed by atoms with Crippen molar-refractivity contribution < 1.29 is 14.3 Å². The summed E-state index contributed by atoms with van der Waals surface area (Å²) in [7, 11) is 0. The number of carbonyl (C=O) groups is 1. The Hall–Kier alpha value is -3.15. The number of furan rings is 1. The van der Waals surface area contributed by atoms with E-state index in [4.69, 9.17) is 9.52 Å². The standard InChI is InChI=1S/C20H20N2O4/c1-3-4-5-16-17(10-9-15-8-6-13(2)26-15)21-18-11-7-14(20(24)25)12-22(18)19(16)23/h6-12H,3-5H2,1-2H3,(H,24,25)/b10-9+. The van der Waals surface area contributed by atoms with E-state index in [1.165, 1.54) is 16.7 Å². The molecule has 6 heteroatoms. The summed E-state index contributed by atoms with van der Waals surface area (Å²) < 4.78 is 6.83. The predicted octanol–water partition coefficient (Wildman–Crippen LogP) is 3.81. The summed E-state index contributed by atoms with van der Waals surface area (Å²) in [6, 6.07) is 6.71. The Morgan fingerprint density at radius 2 is 2.08 bits per heavy atom. The van der Waals surface area contributed by atoms with Gasteiger partial charge < -0.3 is 9.52 Å². The number of hydrogen-bond donors (Lipinski definition) is 1. The summed E-state index contributed by atoms with van der Waals surface area (Å²) in [5.74, 6) is 0.418. The van der Waals surface area contributed by atoms with Gasteiger partial charge in [-0.2, -0.15) is 0 Å². The molecule has 0 aliphatic heterocycles. The molecule has 0 saturated carbocycles. The molecule has 0 bridgehead atoms. The van der Waals surface area contributed by atoms with Gasteiger partial charge in [0.25, 0.3) is 5.56 Å².